The highest BCUT2D eigenvalue weighted by Gasteiger charge is 2.26. The molecular formula is C22H26ClFN4O2. The van der Waals surface area contributed by atoms with Crippen LogP contribution in [0.4, 0.5) is 10.1 Å². The fraction of sp³-hybridized carbons (Fsp3) is 0.364. The molecule has 1 unspecified atom stereocenters. The first-order valence-electron chi connectivity index (χ1n) is 9.95. The molecule has 0 aromatic heterocycles. The molecule has 1 aliphatic heterocycles. The summed E-state index contributed by atoms with van der Waals surface area (Å²) < 4.78 is 13.9. The van der Waals surface area contributed by atoms with Crippen LogP contribution in [0.1, 0.15) is 12.5 Å². The third-order valence-electron chi connectivity index (χ3n) is 5.22. The first-order valence-corrected chi connectivity index (χ1v) is 10.3. The molecule has 2 aromatic rings. The number of carbonyl (C=O) groups excluding carboxylic acids is 2. The molecule has 1 heterocycles. The smallest absolute Gasteiger partial charge is 0.241 e. The zero-order valence-electron chi connectivity index (χ0n) is 16.9. The Kier molecular flexibility index (Phi) is 7.79. The summed E-state index contributed by atoms with van der Waals surface area (Å²) in [5.41, 5.74) is 1.18. The number of piperazine rings is 1. The normalized spacial score (nSPS) is 16.1. The van der Waals surface area contributed by atoms with Crippen LogP contribution < -0.4 is 10.6 Å². The van der Waals surface area contributed by atoms with E-state index in [0.717, 1.165) is 5.56 Å². The number of anilines is 1. The molecule has 1 atom stereocenters. The molecule has 1 fully saturated rings. The minimum atomic E-state index is -0.561. The second-order valence-corrected chi connectivity index (χ2v) is 7.80. The van der Waals surface area contributed by atoms with Crippen LogP contribution in [0.3, 0.4) is 0 Å². The molecular weight excluding hydrogens is 407 g/mol. The average molecular weight is 433 g/mol. The number of benzene rings is 2. The van der Waals surface area contributed by atoms with Crippen LogP contribution in [0.15, 0.2) is 48.5 Å². The summed E-state index contributed by atoms with van der Waals surface area (Å²) in [6, 6.07) is 13.5. The number of hydrogen-bond acceptors (Lipinski definition) is 4. The van der Waals surface area contributed by atoms with Crippen molar-refractivity contribution >= 4 is 29.1 Å². The number of halogens is 2. The second kappa shape index (κ2) is 10.5. The molecule has 1 aliphatic rings. The van der Waals surface area contributed by atoms with Gasteiger partial charge in [-0.15, -0.1) is 0 Å². The number of hydrogen-bond donors (Lipinski definition) is 2. The summed E-state index contributed by atoms with van der Waals surface area (Å²) in [6.45, 7) is 5.32. The summed E-state index contributed by atoms with van der Waals surface area (Å²) in [6.07, 6.45) is 0. The largest absolute Gasteiger partial charge is 0.351 e. The lowest BCUT2D eigenvalue weighted by Crippen LogP contribution is -2.54. The van der Waals surface area contributed by atoms with Gasteiger partial charge in [0.2, 0.25) is 11.8 Å². The van der Waals surface area contributed by atoms with E-state index in [1.165, 1.54) is 18.2 Å². The molecule has 0 bridgehead atoms. The zero-order valence-corrected chi connectivity index (χ0v) is 17.7. The van der Waals surface area contributed by atoms with Crippen molar-refractivity contribution in [3.8, 4) is 0 Å². The Labute approximate surface area is 181 Å². The highest BCUT2D eigenvalue weighted by Crippen LogP contribution is 2.19. The molecule has 8 heteroatoms. The minimum absolute atomic E-state index is 0.0173. The lowest BCUT2D eigenvalue weighted by atomic mass is 10.2. The number of rotatable bonds is 7. The van der Waals surface area contributed by atoms with Gasteiger partial charge in [0.25, 0.3) is 0 Å². The van der Waals surface area contributed by atoms with Gasteiger partial charge in [0.05, 0.1) is 18.3 Å². The summed E-state index contributed by atoms with van der Waals surface area (Å²) in [5, 5.41) is 5.83. The fourth-order valence-corrected chi connectivity index (χ4v) is 3.52. The van der Waals surface area contributed by atoms with Gasteiger partial charge in [-0.2, -0.15) is 0 Å². The molecule has 1 saturated heterocycles. The van der Waals surface area contributed by atoms with E-state index < -0.39 is 11.9 Å². The van der Waals surface area contributed by atoms with E-state index >= 15 is 0 Å². The minimum Gasteiger partial charge on any atom is -0.351 e. The molecule has 0 radical (unpaired) electrons. The van der Waals surface area contributed by atoms with Gasteiger partial charge in [-0.1, -0.05) is 41.9 Å². The van der Waals surface area contributed by atoms with E-state index in [1.54, 1.807) is 6.92 Å². The van der Waals surface area contributed by atoms with E-state index in [1.807, 2.05) is 35.2 Å². The monoisotopic (exact) mass is 432 g/mol. The van der Waals surface area contributed by atoms with Crippen molar-refractivity contribution in [3.05, 3.63) is 64.9 Å². The van der Waals surface area contributed by atoms with E-state index in [0.29, 0.717) is 39.3 Å². The average Bonchev–Trinajstić information content (AvgIpc) is 2.75. The third kappa shape index (κ3) is 6.26. The summed E-state index contributed by atoms with van der Waals surface area (Å²) in [7, 11) is 0. The van der Waals surface area contributed by atoms with Crippen LogP contribution in [0, 0.1) is 5.82 Å². The van der Waals surface area contributed by atoms with Crippen LogP contribution in [0.2, 0.25) is 5.02 Å². The van der Waals surface area contributed by atoms with Crippen molar-refractivity contribution in [1.29, 1.82) is 0 Å². The van der Waals surface area contributed by atoms with Gasteiger partial charge in [-0.05, 0) is 30.7 Å². The molecule has 0 saturated carbocycles. The Hall–Kier alpha value is -2.48. The molecule has 2 N–H and O–H groups in total. The standard InChI is InChI=1S/C22H26ClFN4O2/c1-16(22(30)26-20-8-7-18(23)13-19(20)24)28-11-9-27(10-12-28)15-21(29)25-14-17-5-3-2-4-6-17/h2-8,13,16H,9-12,14-15H2,1H3,(H,25,29)(H,26,30). The van der Waals surface area contributed by atoms with Gasteiger partial charge < -0.3 is 10.6 Å². The Bertz CT molecular complexity index is 873. The van der Waals surface area contributed by atoms with Gasteiger partial charge in [0, 0.05) is 37.7 Å². The molecule has 2 amide bonds. The predicted octanol–water partition coefficient (Wildman–Crippen LogP) is 2.74. The molecule has 2 aromatic carbocycles. The summed E-state index contributed by atoms with van der Waals surface area (Å²) in [5.74, 6) is -0.851. The predicted molar refractivity (Wildman–Crippen MR) is 116 cm³/mol. The van der Waals surface area contributed by atoms with E-state index in [4.69, 9.17) is 11.6 Å². The van der Waals surface area contributed by atoms with Crippen molar-refractivity contribution < 1.29 is 14.0 Å². The lowest BCUT2D eigenvalue weighted by molar-refractivity contribution is -0.124. The first kappa shape index (κ1) is 22.2. The van der Waals surface area contributed by atoms with Crippen molar-refractivity contribution in [1.82, 2.24) is 15.1 Å². The Balaban J connectivity index is 1.41. The van der Waals surface area contributed by atoms with E-state index in [9.17, 15) is 14.0 Å². The number of nitrogens with zero attached hydrogens (tertiary/aromatic N) is 2. The molecule has 0 aliphatic carbocycles. The second-order valence-electron chi connectivity index (χ2n) is 7.36. The molecule has 30 heavy (non-hydrogen) atoms. The van der Waals surface area contributed by atoms with Crippen LogP contribution >= 0.6 is 11.6 Å². The lowest BCUT2D eigenvalue weighted by Gasteiger charge is -2.37. The first-order chi connectivity index (χ1) is 14.4. The maximum atomic E-state index is 13.9. The Morgan fingerprint density at radius 1 is 1.10 bits per heavy atom. The Morgan fingerprint density at radius 2 is 1.80 bits per heavy atom. The van der Waals surface area contributed by atoms with E-state index in [2.05, 4.69) is 15.5 Å². The van der Waals surface area contributed by atoms with Crippen molar-refractivity contribution in [2.45, 2.75) is 19.5 Å². The molecule has 3 rings (SSSR count). The van der Waals surface area contributed by atoms with Crippen LogP contribution in [-0.4, -0.2) is 60.4 Å². The van der Waals surface area contributed by atoms with Crippen molar-refractivity contribution in [2.24, 2.45) is 0 Å². The van der Waals surface area contributed by atoms with E-state index in [-0.39, 0.29) is 22.5 Å². The van der Waals surface area contributed by atoms with Gasteiger partial charge in [-0.3, -0.25) is 19.4 Å². The Morgan fingerprint density at radius 3 is 2.47 bits per heavy atom. The maximum absolute atomic E-state index is 13.9. The highest BCUT2D eigenvalue weighted by atomic mass is 35.5. The van der Waals surface area contributed by atoms with Gasteiger partial charge in [0.1, 0.15) is 5.82 Å². The number of nitrogens with one attached hydrogen (secondary N) is 2. The SMILES string of the molecule is CC(C(=O)Nc1ccc(Cl)cc1F)N1CCN(CC(=O)NCc2ccccc2)CC1. The van der Waals surface area contributed by atoms with Crippen LogP contribution in [0.25, 0.3) is 0 Å². The van der Waals surface area contributed by atoms with Crippen molar-refractivity contribution in [2.75, 3.05) is 38.0 Å². The number of amides is 2. The molecule has 6 nitrogen and oxygen atoms in total. The zero-order chi connectivity index (χ0) is 21.5. The van der Waals surface area contributed by atoms with Crippen LogP contribution in [-0.2, 0) is 16.1 Å². The molecule has 160 valence electrons. The maximum Gasteiger partial charge on any atom is 0.241 e. The van der Waals surface area contributed by atoms with Crippen molar-refractivity contribution in [3.63, 3.8) is 0 Å². The summed E-state index contributed by atoms with van der Waals surface area (Å²) in [4.78, 5) is 28.8. The summed E-state index contributed by atoms with van der Waals surface area (Å²) >= 11 is 5.74. The number of carbonyl (C=O) groups is 2. The topological polar surface area (TPSA) is 64.7 Å². The highest BCUT2D eigenvalue weighted by molar-refractivity contribution is 6.30. The van der Waals surface area contributed by atoms with Gasteiger partial charge in [0.15, 0.2) is 0 Å². The molecule has 0 spiro atoms. The third-order valence-corrected chi connectivity index (χ3v) is 5.46. The fourth-order valence-electron chi connectivity index (χ4n) is 3.36. The van der Waals surface area contributed by atoms with Gasteiger partial charge >= 0.3 is 0 Å². The van der Waals surface area contributed by atoms with Crippen LogP contribution in [0.5, 0.6) is 0 Å². The quantitative estimate of drug-likeness (QED) is 0.706. The van der Waals surface area contributed by atoms with Gasteiger partial charge in [-0.25, -0.2) is 4.39 Å².